The van der Waals surface area contributed by atoms with E-state index in [1.54, 1.807) is 0 Å². The Kier molecular flexibility index (Phi) is 4.70. The van der Waals surface area contributed by atoms with Crippen LogP contribution in [0.2, 0.25) is 0 Å². The fourth-order valence-corrected chi connectivity index (χ4v) is 1.53. The standard InChI is InChI=1S/C14H20FN3O2/c1-8(12(19)18-14(2,3)4)17-13(20)10-6-5-9(16)7-11(10)15/h5-8H,16H2,1-4H3,(H,17,20)(H,18,19). The van der Waals surface area contributed by atoms with Gasteiger partial charge in [0.1, 0.15) is 11.9 Å². The number of hydrogen-bond acceptors (Lipinski definition) is 3. The summed E-state index contributed by atoms with van der Waals surface area (Å²) in [5, 5.41) is 5.18. The van der Waals surface area contributed by atoms with Crippen molar-refractivity contribution in [1.82, 2.24) is 10.6 Å². The third-order valence-corrected chi connectivity index (χ3v) is 2.48. The molecule has 0 bridgehead atoms. The molecule has 1 atom stereocenters. The molecule has 0 spiro atoms. The van der Waals surface area contributed by atoms with Crippen LogP contribution in [-0.2, 0) is 4.79 Å². The van der Waals surface area contributed by atoms with Crippen molar-refractivity contribution in [2.45, 2.75) is 39.3 Å². The minimum absolute atomic E-state index is 0.144. The van der Waals surface area contributed by atoms with Gasteiger partial charge in [-0.3, -0.25) is 9.59 Å². The highest BCUT2D eigenvalue weighted by Crippen LogP contribution is 2.12. The van der Waals surface area contributed by atoms with Crippen LogP contribution < -0.4 is 16.4 Å². The van der Waals surface area contributed by atoms with Gasteiger partial charge in [0.15, 0.2) is 0 Å². The zero-order valence-corrected chi connectivity index (χ0v) is 12.1. The van der Waals surface area contributed by atoms with Crippen LogP contribution in [0, 0.1) is 5.82 Å². The van der Waals surface area contributed by atoms with Gasteiger partial charge < -0.3 is 16.4 Å². The third-order valence-electron chi connectivity index (χ3n) is 2.48. The summed E-state index contributed by atoms with van der Waals surface area (Å²) in [6.45, 7) is 7.03. The van der Waals surface area contributed by atoms with E-state index in [0.717, 1.165) is 6.07 Å². The highest BCUT2D eigenvalue weighted by molar-refractivity contribution is 5.97. The SMILES string of the molecule is CC(NC(=O)c1ccc(N)cc1F)C(=O)NC(C)(C)C. The maximum atomic E-state index is 13.6. The zero-order chi connectivity index (χ0) is 15.5. The van der Waals surface area contributed by atoms with E-state index in [-0.39, 0.29) is 17.2 Å². The molecule has 0 radical (unpaired) electrons. The van der Waals surface area contributed by atoms with Gasteiger partial charge >= 0.3 is 0 Å². The third kappa shape index (κ3) is 4.53. The van der Waals surface area contributed by atoms with E-state index in [1.807, 2.05) is 20.8 Å². The monoisotopic (exact) mass is 281 g/mol. The molecule has 0 saturated heterocycles. The Hall–Kier alpha value is -2.11. The fourth-order valence-electron chi connectivity index (χ4n) is 1.53. The van der Waals surface area contributed by atoms with Crippen molar-refractivity contribution in [3.63, 3.8) is 0 Å². The van der Waals surface area contributed by atoms with Crippen LogP contribution in [0.25, 0.3) is 0 Å². The number of nitrogen functional groups attached to an aromatic ring is 1. The second kappa shape index (κ2) is 5.90. The zero-order valence-electron chi connectivity index (χ0n) is 12.1. The van der Waals surface area contributed by atoms with E-state index in [0.29, 0.717) is 0 Å². The van der Waals surface area contributed by atoms with Crippen LogP contribution in [-0.4, -0.2) is 23.4 Å². The van der Waals surface area contributed by atoms with Gasteiger partial charge in [0.05, 0.1) is 5.56 Å². The number of nitrogens with one attached hydrogen (secondary N) is 2. The second-order valence-electron chi connectivity index (χ2n) is 5.67. The Morgan fingerprint density at radius 1 is 1.30 bits per heavy atom. The summed E-state index contributed by atoms with van der Waals surface area (Å²) >= 11 is 0. The molecule has 1 unspecified atom stereocenters. The second-order valence-corrected chi connectivity index (χ2v) is 5.67. The Morgan fingerprint density at radius 3 is 2.40 bits per heavy atom. The van der Waals surface area contributed by atoms with E-state index in [9.17, 15) is 14.0 Å². The van der Waals surface area contributed by atoms with E-state index in [1.165, 1.54) is 19.1 Å². The maximum absolute atomic E-state index is 13.6. The molecule has 1 rings (SSSR count). The van der Waals surface area contributed by atoms with Crippen molar-refractivity contribution in [1.29, 1.82) is 0 Å². The van der Waals surface area contributed by atoms with E-state index < -0.39 is 23.3 Å². The molecule has 1 aromatic rings. The summed E-state index contributed by atoms with van der Waals surface area (Å²) in [4.78, 5) is 23.7. The predicted molar refractivity (Wildman–Crippen MR) is 75.6 cm³/mol. The molecule has 0 aromatic heterocycles. The van der Waals surface area contributed by atoms with Gasteiger partial charge in [0, 0.05) is 11.2 Å². The quantitative estimate of drug-likeness (QED) is 0.733. The lowest BCUT2D eigenvalue weighted by Crippen LogP contribution is -2.50. The van der Waals surface area contributed by atoms with Gasteiger partial charge in [-0.05, 0) is 45.9 Å². The number of rotatable bonds is 3. The molecule has 4 N–H and O–H groups in total. The summed E-state index contributed by atoms with van der Waals surface area (Å²) in [6.07, 6.45) is 0. The average Bonchev–Trinajstić information content (AvgIpc) is 2.26. The van der Waals surface area contributed by atoms with Crippen LogP contribution >= 0.6 is 0 Å². The molecule has 0 aliphatic heterocycles. The predicted octanol–water partition coefficient (Wildman–Crippen LogP) is 1.44. The molecule has 2 amide bonds. The molecule has 0 fully saturated rings. The van der Waals surface area contributed by atoms with Gasteiger partial charge in [-0.2, -0.15) is 0 Å². The maximum Gasteiger partial charge on any atom is 0.254 e. The molecule has 20 heavy (non-hydrogen) atoms. The molecule has 110 valence electrons. The molecular weight excluding hydrogens is 261 g/mol. The first-order valence-corrected chi connectivity index (χ1v) is 6.28. The Morgan fingerprint density at radius 2 is 1.90 bits per heavy atom. The number of halogens is 1. The number of nitrogens with two attached hydrogens (primary N) is 1. The number of carbonyl (C=O) groups excluding carboxylic acids is 2. The number of carbonyl (C=O) groups is 2. The number of amides is 2. The highest BCUT2D eigenvalue weighted by atomic mass is 19.1. The minimum atomic E-state index is -0.765. The largest absolute Gasteiger partial charge is 0.399 e. The van der Waals surface area contributed by atoms with Crippen molar-refractivity contribution in [2.75, 3.05) is 5.73 Å². The molecule has 0 heterocycles. The van der Waals surface area contributed by atoms with Crippen LogP contribution in [0.15, 0.2) is 18.2 Å². The van der Waals surface area contributed by atoms with Gasteiger partial charge in [-0.25, -0.2) is 4.39 Å². The minimum Gasteiger partial charge on any atom is -0.399 e. The van der Waals surface area contributed by atoms with Crippen molar-refractivity contribution in [2.24, 2.45) is 0 Å². The summed E-state index contributed by atoms with van der Waals surface area (Å²) in [5.74, 6) is -1.70. The normalized spacial score (nSPS) is 12.7. The molecule has 0 aliphatic rings. The van der Waals surface area contributed by atoms with Gasteiger partial charge in [-0.15, -0.1) is 0 Å². The van der Waals surface area contributed by atoms with Gasteiger partial charge in [-0.1, -0.05) is 0 Å². The first-order valence-electron chi connectivity index (χ1n) is 6.28. The fraction of sp³-hybridized carbons (Fsp3) is 0.429. The van der Waals surface area contributed by atoms with Crippen molar-refractivity contribution >= 4 is 17.5 Å². The molecule has 6 heteroatoms. The highest BCUT2D eigenvalue weighted by Gasteiger charge is 2.22. The summed E-state index contributed by atoms with van der Waals surface area (Å²) < 4.78 is 13.6. The first kappa shape index (κ1) is 15.9. The van der Waals surface area contributed by atoms with Gasteiger partial charge in [0.25, 0.3) is 5.91 Å². The Bertz CT molecular complexity index is 524. The average molecular weight is 281 g/mol. The van der Waals surface area contributed by atoms with Crippen molar-refractivity contribution in [3.05, 3.63) is 29.6 Å². The van der Waals surface area contributed by atoms with Crippen LogP contribution in [0.3, 0.4) is 0 Å². The number of hydrogen-bond donors (Lipinski definition) is 3. The van der Waals surface area contributed by atoms with Crippen LogP contribution in [0.1, 0.15) is 38.1 Å². The van der Waals surface area contributed by atoms with Crippen molar-refractivity contribution in [3.8, 4) is 0 Å². The Labute approximate surface area is 117 Å². The lowest BCUT2D eigenvalue weighted by atomic mass is 10.1. The number of anilines is 1. The van der Waals surface area contributed by atoms with E-state index in [2.05, 4.69) is 10.6 Å². The van der Waals surface area contributed by atoms with Gasteiger partial charge in [0.2, 0.25) is 5.91 Å². The summed E-state index contributed by atoms with van der Waals surface area (Å²) in [6, 6.07) is 3.01. The smallest absolute Gasteiger partial charge is 0.254 e. The molecule has 0 aliphatic carbocycles. The molecular formula is C14H20FN3O2. The van der Waals surface area contributed by atoms with Crippen molar-refractivity contribution < 1.29 is 14.0 Å². The summed E-state index contributed by atoms with van der Waals surface area (Å²) in [5.41, 5.74) is 5.10. The first-order chi connectivity index (χ1) is 9.10. The lowest BCUT2D eigenvalue weighted by Gasteiger charge is -2.23. The van der Waals surface area contributed by atoms with E-state index >= 15 is 0 Å². The van der Waals surface area contributed by atoms with E-state index in [4.69, 9.17) is 5.73 Å². The molecule has 1 aromatic carbocycles. The molecule has 5 nitrogen and oxygen atoms in total. The van der Waals surface area contributed by atoms with Crippen LogP contribution in [0.4, 0.5) is 10.1 Å². The molecule has 0 saturated carbocycles. The lowest BCUT2D eigenvalue weighted by molar-refractivity contribution is -0.124. The number of benzene rings is 1. The van der Waals surface area contributed by atoms with Crippen LogP contribution in [0.5, 0.6) is 0 Å². The Balaban J connectivity index is 2.73. The summed E-state index contributed by atoms with van der Waals surface area (Å²) in [7, 11) is 0. The topological polar surface area (TPSA) is 84.2 Å².